The summed E-state index contributed by atoms with van der Waals surface area (Å²) in [4.78, 5) is 16.3. The Balaban J connectivity index is 1.97. The molecular weight excluding hydrogens is 393 g/mol. The van der Waals surface area contributed by atoms with Gasteiger partial charge < -0.3 is 20.8 Å². The molecule has 1 amide bonds. The van der Waals surface area contributed by atoms with Gasteiger partial charge in [-0.1, -0.05) is 18.2 Å². The summed E-state index contributed by atoms with van der Waals surface area (Å²) in [7, 11) is 0. The molecule has 3 heterocycles. The molecular formula is C20H12FN5O2S. The van der Waals surface area contributed by atoms with Gasteiger partial charge in [-0.05, 0) is 42.5 Å². The molecule has 9 heteroatoms. The molecule has 1 aromatic heterocycles. The quantitative estimate of drug-likeness (QED) is 0.539. The van der Waals surface area contributed by atoms with E-state index in [1.807, 2.05) is 24.3 Å². The molecule has 0 fully saturated rings. The van der Waals surface area contributed by atoms with E-state index in [0.29, 0.717) is 11.4 Å². The second-order valence-electron chi connectivity index (χ2n) is 6.63. The Morgan fingerprint density at radius 1 is 1.24 bits per heavy atom. The normalized spacial score (nSPS) is 19.4. The highest BCUT2D eigenvalue weighted by molar-refractivity contribution is 7.71. The monoisotopic (exact) mass is 405 g/mol. The van der Waals surface area contributed by atoms with Crippen molar-refractivity contribution in [2.45, 2.75) is 5.41 Å². The average Bonchev–Trinajstić information content (AvgIpc) is 3.17. The first-order valence-corrected chi connectivity index (χ1v) is 9.00. The number of anilines is 1. The van der Waals surface area contributed by atoms with Crippen molar-refractivity contribution >= 4 is 23.8 Å². The predicted molar refractivity (Wildman–Crippen MR) is 104 cm³/mol. The van der Waals surface area contributed by atoms with Gasteiger partial charge >= 0.3 is 0 Å². The van der Waals surface area contributed by atoms with Crippen LogP contribution in [0.15, 0.2) is 60.0 Å². The molecule has 0 saturated heterocycles. The van der Waals surface area contributed by atoms with Crippen molar-refractivity contribution in [3.63, 3.8) is 0 Å². The number of aromatic nitrogens is 2. The summed E-state index contributed by atoms with van der Waals surface area (Å²) in [6.45, 7) is 0. The Morgan fingerprint density at radius 2 is 2.00 bits per heavy atom. The predicted octanol–water partition coefficient (Wildman–Crippen LogP) is 3.00. The molecule has 1 spiro atoms. The summed E-state index contributed by atoms with van der Waals surface area (Å²) in [5, 5.41) is 12.6. The molecule has 0 radical (unpaired) electrons. The summed E-state index contributed by atoms with van der Waals surface area (Å²) in [6, 6.07) is 14.9. The van der Waals surface area contributed by atoms with E-state index < -0.39 is 17.1 Å². The van der Waals surface area contributed by atoms with Crippen LogP contribution in [0.2, 0.25) is 0 Å². The van der Waals surface area contributed by atoms with E-state index in [0.717, 1.165) is 0 Å². The third-order valence-electron chi connectivity index (χ3n) is 5.15. The largest absolute Gasteiger partial charge is 0.422 e. The summed E-state index contributed by atoms with van der Waals surface area (Å²) in [5.74, 6) is -1.21. The molecule has 2 aromatic carbocycles. The second kappa shape index (κ2) is 5.80. The van der Waals surface area contributed by atoms with E-state index in [1.165, 1.54) is 18.2 Å². The van der Waals surface area contributed by atoms with Gasteiger partial charge in [0, 0.05) is 16.9 Å². The lowest BCUT2D eigenvalue weighted by Crippen LogP contribution is -2.43. The Hall–Kier alpha value is -3.90. The van der Waals surface area contributed by atoms with Gasteiger partial charge in [0.05, 0.1) is 0 Å². The third-order valence-corrected chi connectivity index (χ3v) is 5.44. The van der Waals surface area contributed by atoms with Crippen LogP contribution in [-0.4, -0.2) is 15.5 Å². The summed E-state index contributed by atoms with van der Waals surface area (Å²) < 4.78 is 21.7. The lowest BCUT2D eigenvalue weighted by atomic mass is 9.71. The highest BCUT2D eigenvalue weighted by Crippen LogP contribution is 2.53. The van der Waals surface area contributed by atoms with Crippen LogP contribution in [0.5, 0.6) is 5.88 Å². The number of amides is 1. The number of carbonyl (C=O) groups is 1. The highest BCUT2D eigenvalue weighted by atomic mass is 32.1. The van der Waals surface area contributed by atoms with Crippen molar-refractivity contribution in [2.24, 2.45) is 5.73 Å². The number of halogens is 1. The lowest BCUT2D eigenvalue weighted by Gasteiger charge is -2.32. The number of nitrogens with one attached hydrogen (secondary N) is 2. The summed E-state index contributed by atoms with van der Waals surface area (Å²) in [6.07, 6.45) is 0. The van der Waals surface area contributed by atoms with E-state index in [1.54, 1.807) is 16.7 Å². The van der Waals surface area contributed by atoms with Crippen molar-refractivity contribution in [1.82, 2.24) is 9.55 Å². The van der Waals surface area contributed by atoms with Crippen LogP contribution in [0.25, 0.3) is 5.69 Å². The smallest absolute Gasteiger partial charge is 0.246 e. The van der Waals surface area contributed by atoms with Crippen LogP contribution in [0.4, 0.5) is 10.1 Å². The van der Waals surface area contributed by atoms with E-state index in [4.69, 9.17) is 22.7 Å². The molecule has 1 atom stereocenters. The number of H-pyrrole nitrogens is 1. The second-order valence-corrected chi connectivity index (χ2v) is 7.01. The fourth-order valence-corrected chi connectivity index (χ4v) is 4.30. The molecule has 1 unspecified atom stereocenters. The molecule has 2 aliphatic rings. The lowest BCUT2D eigenvalue weighted by molar-refractivity contribution is -0.118. The first-order chi connectivity index (χ1) is 14.0. The maximum atomic E-state index is 14.2. The minimum atomic E-state index is -1.72. The van der Waals surface area contributed by atoms with Gasteiger partial charge in [-0.15, -0.1) is 0 Å². The fourth-order valence-electron chi connectivity index (χ4n) is 4.01. The Bertz CT molecular complexity index is 1340. The van der Waals surface area contributed by atoms with Crippen LogP contribution >= 0.6 is 12.2 Å². The van der Waals surface area contributed by atoms with Gasteiger partial charge in [0.2, 0.25) is 17.7 Å². The molecule has 0 bridgehead atoms. The van der Waals surface area contributed by atoms with E-state index >= 15 is 0 Å². The minimum absolute atomic E-state index is 0.127. The SMILES string of the molecule is N#CC1=C(N)Oc2[nH]c(=S)n(-c3ccccc3)c2C12C(=O)Nc1ccc(F)cc12. The number of rotatable bonds is 1. The van der Waals surface area contributed by atoms with Crippen molar-refractivity contribution in [2.75, 3.05) is 5.32 Å². The molecule has 5 rings (SSSR count). The van der Waals surface area contributed by atoms with Crippen LogP contribution in [0, 0.1) is 21.9 Å². The number of carbonyl (C=O) groups excluding carboxylic acids is 1. The van der Waals surface area contributed by atoms with Crippen LogP contribution in [-0.2, 0) is 10.2 Å². The van der Waals surface area contributed by atoms with Crippen molar-refractivity contribution in [3.8, 4) is 17.6 Å². The molecule has 3 aromatic rings. The first kappa shape index (κ1) is 17.2. The van der Waals surface area contributed by atoms with Crippen molar-refractivity contribution in [3.05, 3.63) is 81.8 Å². The Labute approximate surface area is 168 Å². The molecule has 0 saturated carbocycles. The number of ether oxygens (including phenoxy) is 1. The van der Waals surface area contributed by atoms with Crippen LogP contribution < -0.4 is 15.8 Å². The van der Waals surface area contributed by atoms with Gasteiger partial charge in [0.15, 0.2) is 10.2 Å². The first-order valence-electron chi connectivity index (χ1n) is 8.59. The Morgan fingerprint density at radius 3 is 2.72 bits per heavy atom. The van der Waals surface area contributed by atoms with Gasteiger partial charge in [-0.25, -0.2) is 4.39 Å². The summed E-state index contributed by atoms with van der Waals surface area (Å²) in [5.41, 5.74) is 5.73. The van der Waals surface area contributed by atoms with Crippen LogP contribution in [0.1, 0.15) is 11.3 Å². The molecule has 2 aliphatic heterocycles. The minimum Gasteiger partial charge on any atom is -0.422 e. The maximum Gasteiger partial charge on any atom is 0.246 e. The van der Waals surface area contributed by atoms with Crippen molar-refractivity contribution < 1.29 is 13.9 Å². The third kappa shape index (κ3) is 2.09. The molecule has 4 N–H and O–H groups in total. The fraction of sp³-hybridized carbons (Fsp3) is 0.0500. The standard InChI is InChI=1S/C20H12FN5O2S/c21-10-6-7-14-12(8-10)20(18(27)24-14)13(9-22)16(23)28-17-15(20)26(19(29)25-17)11-4-2-1-3-5-11/h1-8H,23H2,(H,24,27)(H,25,29). The molecule has 0 aliphatic carbocycles. The zero-order valence-corrected chi connectivity index (χ0v) is 15.5. The number of nitrogens with two attached hydrogens (primary N) is 1. The number of fused-ring (bicyclic) bond motifs is 4. The van der Waals surface area contributed by atoms with Gasteiger partial charge in [-0.3, -0.25) is 9.36 Å². The summed E-state index contributed by atoms with van der Waals surface area (Å²) >= 11 is 5.48. The Kier molecular flexibility index (Phi) is 3.44. The van der Waals surface area contributed by atoms with Gasteiger partial charge in [0.1, 0.15) is 23.2 Å². The number of hydrogen-bond donors (Lipinski definition) is 3. The molecule has 142 valence electrons. The van der Waals surface area contributed by atoms with E-state index in [9.17, 15) is 14.4 Å². The number of imidazole rings is 1. The highest BCUT2D eigenvalue weighted by Gasteiger charge is 2.59. The zero-order valence-electron chi connectivity index (χ0n) is 14.7. The number of para-hydroxylation sites is 1. The number of nitriles is 1. The number of aromatic amines is 1. The van der Waals surface area contributed by atoms with E-state index in [2.05, 4.69) is 10.3 Å². The van der Waals surface area contributed by atoms with Crippen molar-refractivity contribution in [1.29, 1.82) is 5.26 Å². The molecule has 7 nitrogen and oxygen atoms in total. The average molecular weight is 405 g/mol. The topological polar surface area (TPSA) is 109 Å². The zero-order chi connectivity index (χ0) is 20.3. The van der Waals surface area contributed by atoms with E-state index in [-0.39, 0.29) is 33.4 Å². The van der Waals surface area contributed by atoms with Crippen LogP contribution in [0.3, 0.4) is 0 Å². The molecule has 29 heavy (non-hydrogen) atoms. The number of hydrogen-bond acceptors (Lipinski definition) is 5. The number of nitrogens with zero attached hydrogens (tertiary/aromatic N) is 2. The number of benzene rings is 2. The van der Waals surface area contributed by atoms with Gasteiger partial charge in [-0.2, -0.15) is 5.26 Å². The maximum absolute atomic E-state index is 14.2. The van der Waals surface area contributed by atoms with Gasteiger partial charge in [0.25, 0.3) is 0 Å².